The van der Waals surface area contributed by atoms with Gasteiger partial charge in [-0.15, -0.1) is 0 Å². The lowest BCUT2D eigenvalue weighted by Crippen LogP contribution is -2.05. The number of nitrogens with zero attached hydrogens (tertiary/aromatic N) is 3. The van der Waals surface area contributed by atoms with Gasteiger partial charge in [-0.25, -0.2) is 0 Å². The predicted molar refractivity (Wildman–Crippen MR) is 82.1 cm³/mol. The highest BCUT2D eigenvalue weighted by Gasteiger charge is 2.08. The average molecular weight is 284 g/mol. The summed E-state index contributed by atoms with van der Waals surface area (Å²) in [6, 6.07) is 8.62. The van der Waals surface area contributed by atoms with E-state index in [1.165, 1.54) is 16.5 Å². The van der Waals surface area contributed by atoms with E-state index < -0.39 is 0 Å². The molecule has 5 heteroatoms. The summed E-state index contributed by atoms with van der Waals surface area (Å²) in [5, 5.41) is 8.46. The highest BCUT2D eigenvalue weighted by molar-refractivity contribution is 5.80. The second-order valence-electron chi connectivity index (χ2n) is 5.22. The third-order valence-corrected chi connectivity index (χ3v) is 3.50. The molecule has 0 unspecified atom stereocenters. The summed E-state index contributed by atoms with van der Waals surface area (Å²) in [4.78, 5) is 4.43. The number of aryl methyl sites for hydroxylation is 1. The van der Waals surface area contributed by atoms with Gasteiger partial charge in [0.2, 0.25) is 5.89 Å². The summed E-state index contributed by atoms with van der Waals surface area (Å²) in [6.07, 6.45) is 3.93. The third-order valence-electron chi connectivity index (χ3n) is 3.50. The molecule has 21 heavy (non-hydrogen) atoms. The molecule has 0 radical (unpaired) electrons. The van der Waals surface area contributed by atoms with Crippen LogP contribution in [0.2, 0.25) is 0 Å². The highest BCUT2D eigenvalue weighted by atomic mass is 16.5. The molecule has 0 amide bonds. The Balaban J connectivity index is 1.86. The molecule has 3 rings (SSSR count). The Morgan fingerprint density at radius 3 is 3.00 bits per heavy atom. The molecule has 0 bridgehead atoms. The molecule has 5 nitrogen and oxygen atoms in total. The van der Waals surface area contributed by atoms with Gasteiger partial charge in [0, 0.05) is 24.7 Å². The molecule has 0 spiro atoms. The minimum Gasteiger partial charge on any atom is -0.340 e. The van der Waals surface area contributed by atoms with E-state index >= 15 is 0 Å². The second-order valence-corrected chi connectivity index (χ2v) is 5.22. The van der Waals surface area contributed by atoms with Gasteiger partial charge < -0.3 is 14.4 Å². The lowest BCUT2D eigenvalue weighted by Gasteiger charge is -2.04. The standard InChI is InChI=1S/C16H20N4O/c1-3-4-16-18-15(19-21-16)11-20-8-7-13-6-5-12(10-17-2)9-14(13)20/h5-9,17H,3-4,10-11H2,1-2H3. The molecular formula is C16H20N4O. The predicted octanol–water partition coefficient (Wildman–Crippen LogP) is 2.74. The molecule has 3 aromatic rings. The quantitative estimate of drug-likeness (QED) is 0.756. The lowest BCUT2D eigenvalue weighted by atomic mass is 10.1. The molecule has 2 heterocycles. The van der Waals surface area contributed by atoms with Gasteiger partial charge in [-0.1, -0.05) is 24.2 Å². The van der Waals surface area contributed by atoms with Gasteiger partial charge in [0.15, 0.2) is 5.82 Å². The SMILES string of the molecule is CCCc1nc(Cn2ccc3ccc(CNC)cc32)no1. The fourth-order valence-electron chi connectivity index (χ4n) is 2.50. The van der Waals surface area contributed by atoms with Gasteiger partial charge in [-0.2, -0.15) is 4.98 Å². The van der Waals surface area contributed by atoms with Crippen LogP contribution in [0.25, 0.3) is 10.9 Å². The van der Waals surface area contributed by atoms with Crippen molar-refractivity contribution in [2.75, 3.05) is 7.05 Å². The second kappa shape index (κ2) is 6.10. The van der Waals surface area contributed by atoms with Gasteiger partial charge in [-0.3, -0.25) is 0 Å². The molecule has 0 aliphatic rings. The first-order valence-electron chi connectivity index (χ1n) is 7.34. The van der Waals surface area contributed by atoms with E-state index in [0.29, 0.717) is 6.54 Å². The van der Waals surface area contributed by atoms with E-state index in [0.717, 1.165) is 31.1 Å². The molecule has 0 aliphatic heterocycles. The van der Waals surface area contributed by atoms with Crippen LogP contribution in [0.3, 0.4) is 0 Å². The topological polar surface area (TPSA) is 55.9 Å². The van der Waals surface area contributed by atoms with Gasteiger partial charge in [0.05, 0.1) is 6.54 Å². The highest BCUT2D eigenvalue weighted by Crippen LogP contribution is 2.18. The maximum absolute atomic E-state index is 5.24. The van der Waals surface area contributed by atoms with Crippen molar-refractivity contribution in [2.24, 2.45) is 0 Å². The zero-order valence-corrected chi connectivity index (χ0v) is 12.5. The molecule has 1 N–H and O–H groups in total. The first kappa shape index (κ1) is 13.8. The van der Waals surface area contributed by atoms with Crippen molar-refractivity contribution < 1.29 is 4.52 Å². The Labute approximate surface area is 124 Å². The fraction of sp³-hybridized carbons (Fsp3) is 0.375. The number of benzene rings is 1. The summed E-state index contributed by atoms with van der Waals surface area (Å²) >= 11 is 0. The molecule has 2 aromatic heterocycles. The van der Waals surface area contributed by atoms with E-state index in [9.17, 15) is 0 Å². The molecule has 0 aliphatic carbocycles. The third kappa shape index (κ3) is 2.97. The molecular weight excluding hydrogens is 264 g/mol. The van der Waals surface area contributed by atoms with Gasteiger partial charge >= 0.3 is 0 Å². The Kier molecular flexibility index (Phi) is 4.01. The van der Waals surface area contributed by atoms with Crippen molar-refractivity contribution in [3.05, 3.63) is 47.7 Å². The maximum Gasteiger partial charge on any atom is 0.226 e. The summed E-state index contributed by atoms with van der Waals surface area (Å²) in [5.41, 5.74) is 2.47. The van der Waals surface area contributed by atoms with Crippen molar-refractivity contribution in [3.63, 3.8) is 0 Å². The van der Waals surface area contributed by atoms with Gasteiger partial charge in [0.1, 0.15) is 0 Å². The molecule has 0 atom stereocenters. The van der Waals surface area contributed by atoms with Crippen LogP contribution in [0, 0.1) is 0 Å². The van der Waals surface area contributed by atoms with Crippen LogP contribution in [0.5, 0.6) is 0 Å². The van der Waals surface area contributed by atoms with Crippen LogP contribution in [-0.4, -0.2) is 21.8 Å². The first-order valence-corrected chi connectivity index (χ1v) is 7.34. The number of hydrogen-bond acceptors (Lipinski definition) is 4. The number of rotatable bonds is 6. The Bertz CT molecular complexity index is 729. The van der Waals surface area contributed by atoms with Crippen molar-refractivity contribution in [3.8, 4) is 0 Å². The van der Waals surface area contributed by atoms with Crippen LogP contribution in [0.15, 0.2) is 35.0 Å². The van der Waals surface area contributed by atoms with Crippen molar-refractivity contribution in [1.82, 2.24) is 20.0 Å². The number of hydrogen-bond donors (Lipinski definition) is 1. The van der Waals surface area contributed by atoms with E-state index in [1.54, 1.807) is 0 Å². The zero-order chi connectivity index (χ0) is 14.7. The smallest absolute Gasteiger partial charge is 0.226 e. The summed E-state index contributed by atoms with van der Waals surface area (Å²) in [7, 11) is 1.96. The van der Waals surface area contributed by atoms with Crippen LogP contribution in [-0.2, 0) is 19.5 Å². The molecule has 110 valence electrons. The Morgan fingerprint density at radius 1 is 1.29 bits per heavy atom. The monoisotopic (exact) mass is 284 g/mol. The van der Waals surface area contributed by atoms with E-state index in [1.807, 2.05) is 7.05 Å². The first-order chi connectivity index (χ1) is 10.3. The molecule has 0 saturated carbocycles. The van der Waals surface area contributed by atoms with Crippen LogP contribution >= 0.6 is 0 Å². The van der Waals surface area contributed by atoms with Crippen LogP contribution < -0.4 is 5.32 Å². The normalized spacial score (nSPS) is 11.3. The van der Waals surface area contributed by atoms with Gasteiger partial charge in [-0.05, 0) is 36.6 Å². The van der Waals surface area contributed by atoms with Crippen molar-refractivity contribution >= 4 is 10.9 Å². The Morgan fingerprint density at radius 2 is 2.19 bits per heavy atom. The van der Waals surface area contributed by atoms with Crippen molar-refractivity contribution in [2.45, 2.75) is 32.9 Å². The summed E-state index contributed by atoms with van der Waals surface area (Å²) in [6.45, 7) is 3.61. The molecule has 0 fully saturated rings. The Hall–Kier alpha value is -2.14. The van der Waals surface area contributed by atoms with E-state index in [2.05, 4.69) is 57.4 Å². The van der Waals surface area contributed by atoms with Crippen LogP contribution in [0.1, 0.15) is 30.6 Å². The largest absolute Gasteiger partial charge is 0.340 e. The minimum atomic E-state index is 0.639. The molecule has 0 saturated heterocycles. The summed E-state index contributed by atoms with van der Waals surface area (Å²) < 4.78 is 7.41. The van der Waals surface area contributed by atoms with Crippen LogP contribution in [0.4, 0.5) is 0 Å². The molecule has 1 aromatic carbocycles. The summed E-state index contributed by atoms with van der Waals surface area (Å²) in [5.74, 6) is 1.45. The van der Waals surface area contributed by atoms with Gasteiger partial charge in [0.25, 0.3) is 0 Å². The lowest BCUT2D eigenvalue weighted by molar-refractivity contribution is 0.371. The number of aromatic nitrogens is 3. The van der Waals surface area contributed by atoms with E-state index in [-0.39, 0.29) is 0 Å². The fourth-order valence-corrected chi connectivity index (χ4v) is 2.50. The maximum atomic E-state index is 5.24. The number of fused-ring (bicyclic) bond motifs is 1. The zero-order valence-electron chi connectivity index (χ0n) is 12.5. The van der Waals surface area contributed by atoms with Crippen molar-refractivity contribution in [1.29, 1.82) is 0 Å². The average Bonchev–Trinajstić information content (AvgIpc) is 3.08. The minimum absolute atomic E-state index is 0.639. The van der Waals surface area contributed by atoms with E-state index in [4.69, 9.17) is 4.52 Å². The number of nitrogens with one attached hydrogen (secondary N) is 1.